The average molecular weight is 261 g/mol. The van der Waals surface area contributed by atoms with Crippen LogP contribution in [0, 0.1) is 0 Å². The lowest BCUT2D eigenvalue weighted by atomic mass is 10.2. The summed E-state index contributed by atoms with van der Waals surface area (Å²) in [5, 5.41) is 6.03. The summed E-state index contributed by atoms with van der Waals surface area (Å²) in [5.74, 6) is 0. The van der Waals surface area contributed by atoms with Gasteiger partial charge in [0.25, 0.3) is 0 Å². The van der Waals surface area contributed by atoms with Crippen LogP contribution < -0.4 is 5.32 Å². The number of hydrogen-bond acceptors (Lipinski definition) is 4. The highest BCUT2D eigenvalue weighted by Gasteiger charge is 2.11. The van der Waals surface area contributed by atoms with Crippen LogP contribution in [0.4, 0.5) is 0 Å². The molecule has 96 valence electrons. The molecular formula is C14H19N3S. The molecule has 0 radical (unpaired) electrons. The molecule has 2 atom stereocenters. The van der Waals surface area contributed by atoms with Gasteiger partial charge in [-0.05, 0) is 26.5 Å². The van der Waals surface area contributed by atoms with Gasteiger partial charge >= 0.3 is 0 Å². The monoisotopic (exact) mass is 261 g/mol. The largest absolute Gasteiger partial charge is 0.317 e. The van der Waals surface area contributed by atoms with Crippen LogP contribution in [-0.2, 0) is 0 Å². The smallest absolute Gasteiger partial charge is 0.117 e. The van der Waals surface area contributed by atoms with Gasteiger partial charge in [-0.25, -0.2) is 9.97 Å². The molecule has 0 saturated carbocycles. The Bertz CT molecular complexity index is 510. The summed E-state index contributed by atoms with van der Waals surface area (Å²) in [5.41, 5.74) is 1.02. The lowest BCUT2D eigenvalue weighted by Gasteiger charge is -2.16. The molecule has 0 aliphatic carbocycles. The molecular weight excluding hydrogens is 242 g/mol. The first-order valence-corrected chi connectivity index (χ1v) is 7.12. The number of nitrogens with zero attached hydrogens (tertiary/aromatic N) is 2. The number of nitrogens with one attached hydrogen (secondary N) is 1. The Kier molecular flexibility index (Phi) is 4.55. The van der Waals surface area contributed by atoms with Gasteiger partial charge in [0.15, 0.2) is 0 Å². The quantitative estimate of drug-likeness (QED) is 0.663. The highest BCUT2D eigenvalue weighted by atomic mass is 32.2. The van der Waals surface area contributed by atoms with Crippen molar-refractivity contribution < 1.29 is 0 Å². The molecule has 0 fully saturated rings. The van der Waals surface area contributed by atoms with Gasteiger partial charge in [0.05, 0.1) is 5.52 Å². The number of thioether (sulfide) groups is 1. The Morgan fingerprint density at radius 1 is 1.22 bits per heavy atom. The molecule has 0 aliphatic rings. The third-order valence-corrected chi connectivity index (χ3v) is 4.14. The van der Waals surface area contributed by atoms with E-state index in [-0.39, 0.29) is 0 Å². The Hall–Kier alpha value is -1.13. The Morgan fingerprint density at radius 2 is 2.00 bits per heavy atom. The minimum atomic E-state index is 0.528. The van der Waals surface area contributed by atoms with E-state index >= 15 is 0 Å². The molecule has 0 aliphatic heterocycles. The molecule has 4 heteroatoms. The van der Waals surface area contributed by atoms with Gasteiger partial charge in [-0.15, -0.1) is 11.8 Å². The van der Waals surface area contributed by atoms with E-state index < -0.39 is 0 Å². The molecule has 1 aromatic heterocycles. The van der Waals surface area contributed by atoms with E-state index in [1.54, 1.807) is 6.33 Å². The number of para-hydroxylation sites is 1. The summed E-state index contributed by atoms with van der Waals surface area (Å²) in [6, 6.07) is 8.70. The molecule has 0 saturated heterocycles. The molecule has 2 aromatic rings. The van der Waals surface area contributed by atoms with Crippen molar-refractivity contribution in [3.8, 4) is 0 Å². The van der Waals surface area contributed by atoms with Crippen LogP contribution in [0.3, 0.4) is 0 Å². The average Bonchev–Trinajstić information content (AvgIpc) is 2.39. The van der Waals surface area contributed by atoms with Crippen molar-refractivity contribution >= 4 is 22.7 Å². The van der Waals surface area contributed by atoms with E-state index in [1.165, 1.54) is 0 Å². The Labute approximate surface area is 112 Å². The summed E-state index contributed by atoms with van der Waals surface area (Å²) in [6.45, 7) is 4.45. The van der Waals surface area contributed by atoms with E-state index in [1.807, 2.05) is 37.0 Å². The summed E-state index contributed by atoms with van der Waals surface area (Å²) >= 11 is 1.83. The summed E-state index contributed by atoms with van der Waals surface area (Å²) in [6.07, 6.45) is 2.78. The van der Waals surface area contributed by atoms with Crippen molar-refractivity contribution in [3.63, 3.8) is 0 Å². The van der Waals surface area contributed by atoms with E-state index in [0.29, 0.717) is 11.3 Å². The fourth-order valence-electron chi connectivity index (χ4n) is 1.93. The Morgan fingerprint density at radius 3 is 2.78 bits per heavy atom. The maximum absolute atomic E-state index is 4.41. The van der Waals surface area contributed by atoms with Gasteiger partial charge in [-0.1, -0.05) is 25.1 Å². The molecule has 2 rings (SSSR count). The third kappa shape index (κ3) is 3.21. The highest BCUT2D eigenvalue weighted by molar-refractivity contribution is 8.00. The van der Waals surface area contributed by atoms with Crippen molar-refractivity contribution in [2.24, 2.45) is 0 Å². The standard InChI is InChI=1S/C14H19N3S/c1-10(15-3)8-11(2)18-14-12-6-4-5-7-13(12)16-9-17-14/h4-7,9-11,15H,8H2,1-3H3. The van der Waals surface area contributed by atoms with E-state index in [9.17, 15) is 0 Å². The first-order valence-electron chi connectivity index (χ1n) is 6.24. The van der Waals surface area contributed by atoms with Gasteiger partial charge in [-0.3, -0.25) is 0 Å². The topological polar surface area (TPSA) is 37.8 Å². The minimum absolute atomic E-state index is 0.528. The predicted molar refractivity (Wildman–Crippen MR) is 78.0 cm³/mol. The zero-order valence-corrected chi connectivity index (χ0v) is 11.9. The van der Waals surface area contributed by atoms with Gasteiger partial charge in [0, 0.05) is 16.7 Å². The molecule has 3 nitrogen and oxygen atoms in total. The summed E-state index contributed by atoms with van der Waals surface area (Å²) in [4.78, 5) is 8.70. The fourth-order valence-corrected chi connectivity index (χ4v) is 3.10. The minimum Gasteiger partial charge on any atom is -0.317 e. The maximum Gasteiger partial charge on any atom is 0.117 e. The second-order valence-corrected chi connectivity index (χ2v) is 5.98. The van der Waals surface area contributed by atoms with Crippen LogP contribution >= 0.6 is 11.8 Å². The first kappa shape index (κ1) is 13.3. The molecule has 0 amide bonds. The molecule has 18 heavy (non-hydrogen) atoms. The fraction of sp³-hybridized carbons (Fsp3) is 0.429. The number of hydrogen-bond donors (Lipinski definition) is 1. The molecule has 1 N–H and O–H groups in total. The van der Waals surface area contributed by atoms with Crippen LogP contribution in [0.25, 0.3) is 10.9 Å². The number of benzene rings is 1. The van der Waals surface area contributed by atoms with Gasteiger partial charge < -0.3 is 5.32 Å². The number of rotatable bonds is 5. The molecule has 2 unspecified atom stereocenters. The zero-order valence-electron chi connectivity index (χ0n) is 11.1. The summed E-state index contributed by atoms with van der Waals surface area (Å²) < 4.78 is 0. The summed E-state index contributed by atoms with van der Waals surface area (Å²) in [7, 11) is 2.00. The third-order valence-electron chi connectivity index (χ3n) is 3.00. The van der Waals surface area contributed by atoms with Crippen molar-refractivity contribution in [1.82, 2.24) is 15.3 Å². The van der Waals surface area contributed by atoms with Crippen LogP contribution in [-0.4, -0.2) is 28.3 Å². The molecule has 1 aromatic carbocycles. The normalized spacial score (nSPS) is 14.6. The lowest BCUT2D eigenvalue weighted by Crippen LogP contribution is -2.24. The van der Waals surface area contributed by atoms with Crippen LogP contribution in [0.5, 0.6) is 0 Å². The van der Waals surface area contributed by atoms with Crippen LogP contribution in [0.1, 0.15) is 20.3 Å². The van der Waals surface area contributed by atoms with Crippen LogP contribution in [0.15, 0.2) is 35.6 Å². The predicted octanol–water partition coefficient (Wildman–Crippen LogP) is 3.11. The zero-order chi connectivity index (χ0) is 13.0. The number of fused-ring (bicyclic) bond motifs is 1. The molecule has 0 spiro atoms. The maximum atomic E-state index is 4.41. The first-order chi connectivity index (χ1) is 8.70. The van der Waals surface area contributed by atoms with Crippen LogP contribution in [0.2, 0.25) is 0 Å². The highest BCUT2D eigenvalue weighted by Crippen LogP contribution is 2.29. The van der Waals surface area contributed by atoms with E-state index in [0.717, 1.165) is 22.3 Å². The molecule has 0 bridgehead atoms. The van der Waals surface area contributed by atoms with Crippen molar-refractivity contribution in [2.75, 3.05) is 7.05 Å². The second kappa shape index (κ2) is 6.16. The SMILES string of the molecule is CNC(C)CC(C)Sc1ncnc2ccccc12. The van der Waals surface area contributed by atoms with Gasteiger partial charge in [0.2, 0.25) is 0 Å². The molecule has 1 heterocycles. The van der Waals surface area contributed by atoms with Gasteiger partial charge in [-0.2, -0.15) is 0 Å². The van der Waals surface area contributed by atoms with E-state index in [2.05, 4.69) is 35.2 Å². The van der Waals surface area contributed by atoms with Crippen molar-refractivity contribution in [1.29, 1.82) is 0 Å². The number of aromatic nitrogens is 2. The van der Waals surface area contributed by atoms with E-state index in [4.69, 9.17) is 0 Å². The van der Waals surface area contributed by atoms with Gasteiger partial charge in [0.1, 0.15) is 11.4 Å². The second-order valence-electron chi connectivity index (χ2n) is 4.55. The van der Waals surface area contributed by atoms with Crippen molar-refractivity contribution in [3.05, 3.63) is 30.6 Å². The lowest BCUT2D eigenvalue weighted by molar-refractivity contribution is 0.564. The Balaban J connectivity index is 2.16. The van der Waals surface area contributed by atoms with Crippen molar-refractivity contribution in [2.45, 2.75) is 36.6 Å².